The smallest absolute Gasteiger partial charge is 0.0901 e. The summed E-state index contributed by atoms with van der Waals surface area (Å²) in [6.07, 6.45) is 21.4. The fraction of sp³-hybridized carbons (Fsp3) is 0.810. The SMILES string of the molecule is C=CCC[C@H]1CC[C@H](C2CCC(CO/C=C\CC)CC2)CC1. The Hall–Kier alpha value is -0.720. The maximum atomic E-state index is 5.66. The predicted molar refractivity (Wildman–Crippen MR) is 95.7 cm³/mol. The standard InChI is InChI=1S/C21H36O/c1-3-5-7-18-8-12-20(13-9-18)21-14-10-19(11-15-21)17-22-16-6-4-2/h3,6,16,18-21H,1,4-5,7-15,17H2,2H3/b16-6-/t18-,19?,20-,21?. The molecular formula is C21H36O. The van der Waals surface area contributed by atoms with Crippen LogP contribution in [-0.4, -0.2) is 6.61 Å². The van der Waals surface area contributed by atoms with Gasteiger partial charge in [-0.2, -0.15) is 0 Å². The Morgan fingerprint density at radius 1 is 0.909 bits per heavy atom. The van der Waals surface area contributed by atoms with Crippen molar-refractivity contribution < 1.29 is 4.74 Å². The van der Waals surface area contributed by atoms with E-state index in [1.165, 1.54) is 64.2 Å². The van der Waals surface area contributed by atoms with Gasteiger partial charge in [0.15, 0.2) is 0 Å². The van der Waals surface area contributed by atoms with Crippen molar-refractivity contribution in [3.05, 3.63) is 25.0 Å². The van der Waals surface area contributed by atoms with E-state index in [1.54, 1.807) is 0 Å². The third kappa shape index (κ3) is 5.82. The van der Waals surface area contributed by atoms with Crippen LogP contribution in [-0.2, 0) is 4.74 Å². The highest BCUT2D eigenvalue weighted by atomic mass is 16.5. The summed E-state index contributed by atoms with van der Waals surface area (Å²) in [5, 5.41) is 0. The van der Waals surface area contributed by atoms with Gasteiger partial charge in [0.05, 0.1) is 12.9 Å². The molecular weight excluding hydrogens is 268 g/mol. The predicted octanol–water partition coefficient (Wildman–Crippen LogP) is 6.51. The van der Waals surface area contributed by atoms with E-state index in [0.717, 1.165) is 36.7 Å². The molecule has 0 aromatic carbocycles. The van der Waals surface area contributed by atoms with Crippen molar-refractivity contribution in [2.24, 2.45) is 23.7 Å². The molecule has 2 saturated carbocycles. The monoisotopic (exact) mass is 304 g/mol. The van der Waals surface area contributed by atoms with E-state index in [4.69, 9.17) is 4.74 Å². The van der Waals surface area contributed by atoms with Gasteiger partial charge in [-0.15, -0.1) is 6.58 Å². The van der Waals surface area contributed by atoms with Gasteiger partial charge >= 0.3 is 0 Å². The van der Waals surface area contributed by atoms with Gasteiger partial charge in [0.2, 0.25) is 0 Å². The Morgan fingerprint density at radius 2 is 1.50 bits per heavy atom. The van der Waals surface area contributed by atoms with Crippen molar-refractivity contribution >= 4 is 0 Å². The molecule has 0 bridgehead atoms. The van der Waals surface area contributed by atoms with E-state index in [9.17, 15) is 0 Å². The first-order chi connectivity index (χ1) is 10.8. The molecule has 0 radical (unpaired) electrons. The minimum Gasteiger partial charge on any atom is -0.501 e. The van der Waals surface area contributed by atoms with Gasteiger partial charge in [0.1, 0.15) is 0 Å². The highest BCUT2D eigenvalue weighted by Crippen LogP contribution is 2.42. The largest absolute Gasteiger partial charge is 0.501 e. The molecule has 0 spiro atoms. The van der Waals surface area contributed by atoms with Crippen LogP contribution >= 0.6 is 0 Å². The molecule has 1 nitrogen and oxygen atoms in total. The molecule has 2 rings (SSSR count). The lowest BCUT2D eigenvalue weighted by atomic mass is 9.69. The van der Waals surface area contributed by atoms with Crippen LogP contribution < -0.4 is 0 Å². The average molecular weight is 305 g/mol. The second-order valence-corrected chi connectivity index (χ2v) is 7.54. The Bertz CT molecular complexity index is 317. The summed E-state index contributed by atoms with van der Waals surface area (Å²) >= 11 is 0. The van der Waals surface area contributed by atoms with Gasteiger partial charge in [-0.1, -0.05) is 31.9 Å². The van der Waals surface area contributed by atoms with Crippen molar-refractivity contribution in [1.82, 2.24) is 0 Å². The maximum Gasteiger partial charge on any atom is 0.0901 e. The van der Waals surface area contributed by atoms with Crippen LogP contribution in [0.4, 0.5) is 0 Å². The molecule has 0 N–H and O–H groups in total. The Balaban J connectivity index is 1.61. The van der Waals surface area contributed by atoms with Crippen molar-refractivity contribution in [3.63, 3.8) is 0 Å². The van der Waals surface area contributed by atoms with Crippen molar-refractivity contribution in [2.75, 3.05) is 6.61 Å². The minimum atomic E-state index is 0.807. The van der Waals surface area contributed by atoms with E-state index >= 15 is 0 Å². The van der Waals surface area contributed by atoms with Crippen LogP contribution in [0.25, 0.3) is 0 Å². The Kier molecular flexibility index (Phi) is 8.12. The van der Waals surface area contributed by atoms with Crippen LogP contribution in [0, 0.1) is 23.7 Å². The fourth-order valence-electron chi connectivity index (χ4n) is 4.48. The highest BCUT2D eigenvalue weighted by molar-refractivity contribution is 4.83. The number of hydrogen-bond donors (Lipinski definition) is 0. The number of rotatable bonds is 8. The maximum absolute atomic E-state index is 5.66. The molecule has 0 saturated heterocycles. The third-order valence-electron chi connectivity index (χ3n) is 5.99. The van der Waals surface area contributed by atoms with Crippen LogP contribution in [0.3, 0.4) is 0 Å². The van der Waals surface area contributed by atoms with Crippen LogP contribution in [0.1, 0.15) is 77.6 Å². The summed E-state index contributed by atoms with van der Waals surface area (Å²) in [7, 11) is 0. The first-order valence-electron chi connectivity index (χ1n) is 9.71. The second-order valence-electron chi connectivity index (χ2n) is 7.54. The molecule has 0 atom stereocenters. The van der Waals surface area contributed by atoms with Gasteiger partial charge in [-0.25, -0.2) is 0 Å². The summed E-state index contributed by atoms with van der Waals surface area (Å²) in [4.78, 5) is 0. The van der Waals surface area contributed by atoms with E-state index < -0.39 is 0 Å². The van der Waals surface area contributed by atoms with E-state index in [-0.39, 0.29) is 0 Å². The second kappa shape index (κ2) is 10.1. The molecule has 0 aliphatic heterocycles. The molecule has 1 heteroatoms. The van der Waals surface area contributed by atoms with Gasteiger partial charge in [-0.05, 0) is 81.5 Å². The molecule has 2 aliphatic carbocycles. The average Bonchev–Trinajstić information content (AvgIpc) is 2.58. The zero-order chi connectivity index (χ0) is 15.6. The van der Waals surface area contributed by atoms with Crippen LogP contribution in [0.15, 0.2) is 25.0 Å². The van der Waals surface area contributed by atoms with Crippen LogP contribution in [0.5, 0.6) is 0 Å². The van der Waals surface area contributed by atoms with Crippen molar-refractivity contribution in [1.29, 1.82) is 0 Å². The first-order valence-corrected chi connectivity index (χ1v) is 9.71. The number of ether oxygens (including phenoxy) is 1. The topological polar surface area (TPSA) is 9.23 Å². The van der Waals surface area contributed by atoms with Crippen LogP contribution in [0.2, 0.25) is 0 Å². The number of hydrogen-bond acceptors (Lipinski definition) is 1. The summed E-state index contributed by atoms with van der Waals surface area (Å²) in [6.45, 7) is 6.95. The van der Waals surface area contributed by atoms with Crippen molar-refractivity contribution in [3.8, 4) is 0 Å². The van der Waals surface area contributed by atoms with E-state index in [1.807, 2.05) is 6.26 Å². The third-order valence-corrected chi connectivity index (χ3v) is 5.99. The lowest BCUT2D eigenvalue weighted by molar-refractivity contribution is 0.108. The number of allylic oxidation sites excluding steroid dienone is 2. The van der Waals surface area contributed by atoms with E-state index in [0.29, 0.717) is 0 Å². The van der Waals surface area contributed by atoms with Gasteiger partial charge in [-0.3, -0.25) is 0 Å². The van der Waals surface area contributed by atoms with Crippen molar-refractivity contribution in [2.45, 2.75) is 77.6 Å². The zero-order valence-electron chi connectivity index (χ0n) is 14.6. The summed E-state index contributed by atoms with van der Waals surface area (Å²) in [5.41, 5.74) is 0. The Morgan fingerprint density at radius 3 is 2.05 bits per heavy atom. The molecule has 126 valence electrons. The molecule has 22 heavy (non-hydrogen) atoms. The Labute approximate surface area is 138 Å². The van der Waals surface area contributed by atoms with Gasteiger partial charge < -0.3 is 4.74 Å². The zero-order valence-corrected chi connectivity index (χ0v) is 14.6. The molecule has 0 aromatic heterocycles. The van der Waals surface area contributed by atoms with E-state index in [2.05, 4.69) is 25.7 Å². The summed E-state index contributed by atoms with van der Waals surface area (Å²) in [6, 6.07) is 0. The lowest BCUT2D eigenvalue weighted by Crippen LogP contribution is -2.26. The van der Waals surface area contributed by atoms with Gasteiger partial charge in [0, 0.05) is 0 Å². The molecule has 0 aromatic rings. The quantitative estimate of drug-likeness (QED) is 0.367. The minimum absolute atomic E-state index is 0.807. The summed E-state index contributed by atoms with van der Waals surface area (Å²) < 4.78 is 5.66. The molecule has 2 fully saturated rings. The lowest BCUT2D eigenvalue weighted by Gasteiger charge is -2.37. The van der Waals surface area contributed by atoms with Gasteiger partial charge in [0.25, 0.3) is 0 Å². The molecule has 0 unspecified atom stereocenters. The molecule has 2 aliphatic rings. The fourth-order valence-corrected chi connectivity index (χ4v) is 4.48. The molecule has 0 amide bonds. The first kappa shape index (κ1) is 17.6. The normalized spacial score (nSPS) is 33.0. The summed E-state index contributed by atoms with van der Waals surface area (Å²) in [5.74, 6) is 3.84. The highest BCUT2D eigenvalue weighted by Gasteiger charge is 2.30. The molecule has 0 heterocycles.